The molecule has 0 aliphatic carbocycles. The van der Waals surface area contributed by atoms with E-state index in [1.807, 2.05) is 19.9 Å². The normalized spacial score (nSPS) is 15.8. The molecule has 1 fully saturated rings. The number of carbonyl (C=O) groups excluding carboxylic acids is 2. The highest BCUT2D eigenvalue weighted by Crippen LogP contribution is 2.37. The van der Waals surface area contributed by atoms with Crippen LogP contribution < -0.4 is 9.80 Å². The van der Waals surface area contributed by atoms with Gasteiger partial charge in [-0.1, -0.05) is 121 Å². The van der Waals surface area contributed by atoms with Crippen LogP contribution in [0.5, 0.6) is 0 Å². The molecule has 0 radical (unpaired) electrons. The van der Waals surface area contributed by atoms with Gasteiger partial charge in [-0.3, -0.25) is 19.4 Å². The van der Waals surface area contributed by atoms with E-state index in [4.69, 9.17) is 20.7 Å². The van der Waals surface area contributed by atoms with E-state index in [1.54, 1.807) is 16.4 Å². The molecule has 9 heteroatoms. The Bertz CT molecular complexity index is 1500. The minimum atomic E-state index is -0.633. The molecular formula is C40H57ClN4O3S. The first kappa shape index (κ1) is 37.6. The molecule has 1 unspecified atom stereocenters. The number of hydrogen-bond donors (Lipinski definition) is 0. The number of ether oxygens (including phenoxy) is 1. The molecule has 1 atom stereocenters. The van der Waals surface area contributed by atoms with Crippen molar-refractivity contribution < 1.29 is 14.3 Å². The molecule has 2 aromatic carbocycles. The van der Waals surface area contributed by atoms with Gasteiger partial charge in [-0.25, -0.2) is 0 Å². The average Bonchev–Trinajstić information content (AvgIpc) is 3.66. The van der Waals surface area contributed by atoms with Crippen molar-refractivity contribution in [2.75, 3.05) is 42.5 Å². The zero-order valence-electron chi connectivity index (χ0n) is 30.1. The van der Waals surface area contributed by atoms with Crippen LogP contribution in [0.4, 0.5) is 11.5 Å². The maximum absolute atomic E-state index is 13.3. The third-order valence-corrected chi connectivity index (χ3v) is 11.3. The van der Waals surface area contributed by atoms with E-state index in [1.165, 1.54) is 67.9 Å². The Labute approximate surface area is 303 Å². The lowest BCUT2D eigenvalue weighted by Gasteiger charge is -2.35. The molecule has 3 heterocycles. The van der Waals surface area contributed by atoms with Crippen molar-refractivity contribution in [1.29, 1.82) is 0 Å². The molecule has 1 aromatic heterocycles. The Morgan fingerprint density at radius 1 is 0.918 bits per heavy atom. The van der Waals surface area contributed by atoms with Crippen LogP contribution in [0.25, 0.3) is 10.1 Å². The second kappa shape index (κ2) is 19.1. The number of esters is 1. The Balaban J connectivity index is 1.05. The van der Waals surface area contributed by atoms with Crippen molar-refractivity contribution in [3.63, 3.8) is 0 Å². The van der Waals surface area contributed by atoms with Gasteiger partial charge in [-0.2, -0.15) is 4.37 Å². The fourth-order valence-corrected chi connectivity index (χ4v) is 8.28. The molecule has 2 aliphatic rings. The van der Waals surface area contributed by atoms with Gasteiger partial charge in [-0.05, 0) is 53.7 Å². The van der Waals surface area contributed by atoms with Gasteiger partial charge >= 0.3 is 5.97 Å². The molecule has 0 spiro atoms. The number of rotatable bonds is 20. The molecule has 1 saturated heterocycles. The molecule has 1 amide bonds. The molecule has 268 valence electrons. The number of nitrogens with zero attached hydrogens (tertiary/aromatic N) is 4. The topological polar surface area (TPSA) is 66.0 Å². The first-order chi connectivity index (χ1) is 23.9. The van der Waals surface area contributed by atoms with E-state index < -0.39 is 6.23 Å². The summed E-state index contributed by atoms with van der Waals surface area (Å²) >= 11 is 8.43. The number of aromatic nitrogens is 1. The number of unbranched alkanes of at least 4 members (excludes halogenated alkanes) is 11. The van der Waals surface area contributed by atoms with E-state index in [0.717, 1.165) is 81.0 Å². The molecule has 5 rings (SSSR count). The number of anilines is 2. The zero-order chi connectivity index (χ0) is 34.6. The van der Waals surface area contributed by atoms with Gasteiger partial charge in [0.2, 0.25) is 5.91 Å². The summed E-state index contributed by atoms with van der Waals surface area (Å²) in [4.78, 5) is 32.8. The number of fused-ring (bicyclic) bond motifs is 2. The monoisotopic (exact) mass is 708 g/mol. The molecule has 0 bridgehead atoms. The summed E-state index contributed by atoms with van der Waals surface area (Å²) in [6.07, 6.45) is 15.9. The predicted octanol–water partition coefficient (Wildman–Crippen LogP) is 9.82. The fraction of sp³-hybridized carbons (Fsp3) is 0.625. The summed E-state index contributed by atoms with van der Waals surface area (Å²) in [5, 5.41) is 1.90. The minimum Gasteiger partial charge on any atom is -0.441 e. The number of piperazine rings is 1. The van der Waals surface area contributed by atoms with Gasteiger partial charge in [0.15, 0.2) is 6.23 Å². The van der Waals surface area contributed by atoms with Crippen LogP contribution in [-0.4, -0.2) is 60.1 Å². The van der Waals surface area contributed by atoms with Crippen LogP contribution in [0.1, 0.15) is 115 Å². The maximum Gasteiger partial charge on any atom is 0.307 e. The highest BCUT2D eigenvalue weighted by Gasteiger charge is 2.37. The third-order valence-electron chi connectivity index (χ3n) is 10.2. The highest BCUT2D eigenvalue weighted by molar-refractivity contribution is 7.13. The first-order valence-electron chi connectivity index (χ1n) is 19.0. The summed E-state index contributed by atoms with van der Waals surface area (Å²) in [5.74, 6) is 0.801. The molecule has 3 aromatic rings. The quantitative estimate of drug-likeness (QED) is 0.0860. The van der Waals surface area contributed by atoms with Crippen molar-refractivity contribution >= 4 is 56.6 Å². The lowest BCUT2D eigenvalue weighted by Crippen LogP contribution is -2.47. The summed E-state index contributed by atoms with van der Waals surface area (Å²) < 4.78 is 12.0. The zero-order valence-corrected chi connectivity index (χ0v) is 31.6. The SMILES string of the molecule is CCCCCCCCCCCCCCC(=O)OC(C(C)C)N1C(=O)Cc2cc(CCN3CCN(c4nsc5ccccc45)CC3)c(Cl)cc21. The van der Waals surface area contributed by atoms with E-state index in [-0.39, 0.29) is 17.8 Å². The van der Waals surface area contributed by atoms with Gasteiger partial charge in [0, 0.05) is 55.5 Å². The van der Waals surface area contributed by atoms with Crippen LogP contribution in [-0.2, 0) is 27.2 Å². The summed E-state index contributed by atoms with van der Waals surface area (Å²) in [5.41, 5.74) is 2.81. The van der Waals surface area contributed by atoms with Gasteiger partial charge in [-0.15, -0.1) is 0 Å². The molecule has 7 nitrogen and oxygen atoms in total. The standard InChI is InChI=1S/C40H57ClN4O3S/c1-4-5-6-7-8-9-10-11-12-13-14-15-20-38(47)48-40(30(2)3)45-35-29-34(41)31(27-32(35)28-37(45)46)21-22-43-23-25-44(26-24-43)39-33-18-16-17-19-36(33)49-42-39/h16-19,27,29-30,40H,4-15,20-26,28H2,1-3H3. The maximum atomic E-state index is 13.3. The van der Waals surface area contributed by atoms with Crippen LogP contribution in [0, 0.1) is 5.92 Å². The van der Waals surface area contributed by atoms with Crippen molar-refractivity contribution in [1.82, 2.24) is 9.27 Å². The number of carbonyl (C=O) groups is 2. The number of benzene rings is 2. The van der Waals surface area contributed by atoms with Crippen LogP contribution in [0.15, 0.2) is 36.4 Å². The Kier molecular flexibility index (Phi) is 14.6. The van der Waals surface area contributed by atoms with Gasteiger partial charge in [0.25, 0.3) is 0 Å². The number of hydrogen-bond acceptors (Lipinski definition) is 7. The van der Waals surface area contributed by atoms with Crippen molar-refractivity contribution in [3.05, 3.63) is 52.5 Å². The third kappa shape index (κ3) is 10.4. The van der Waals surface area contributed by atoms with Crippen molar-refractivity contribution in [2.24, 2.45) is 5.92 Å². The first-order valence-corrected chi connectivity index (χ1v) is 20.2. The predicted molar refractivity (Wildman–Crippen MR) is 205 cm³/mol. The van der Waals surface area contributed by atoms with Gasteiger partial charge < -0.3 is 9.64 Å². The van der Waals surface area contributed by atoms with Gasteiger partial charge in [0.05, 0.1) is 16.8 Å². The lowest BCUT2D eigenvalue weighted by atomic mass is 10.0. The molecular weight excluding hydrogens is 652 g/mol. The Morgan fingerprint density at radius 3 is 2.24 bits per heavy atom. The van der Waals surface area contributed by atoms with E-state index in [0.29, 0.717) is 17.9 Å². The molecule has 0 saturated carbocycles. The van der Waals surface area contributed by atoms with Crippen molar-refractivity contribution in [2.45, 2.75) is 123 Å². The Hall–Kier alpha value is -2.68. The fourth-order valence-electron chi connectivity index (χ4n) is 7.23. The van der Waals surface area contributed by atoms with Crippen LogP contribution >= 0.6 is 23.1 Å². The average molecular weight is 709 g/mol. The van der Waals surface area contributed by atoms with Crippen LogP contribution in [0.2, 0.25) is 5.02 Å². The Morgan fingerprint density at radius 2 is 1.57 bits per heavy atom. The summed E-state index contributed by atoms with van der Waals surface area (Å²) in [6, 6.07) is 12.5. The molecule has 0 N–H and O–H groups in total. The van der Waals surface area contributed by atoms with E-state index in [2.05, 4.69) is 47.1 Å². The van der Waals surface area contributed by atoms with Crippen LogP contribution in [0.3, 0.4) is 0 Å². The van der Waals surface area contributed by atoms with E-state index in [9.17, 15) is 9.59 Å². The highest BCUT2D eigenvalue weighted by atomic mass is 35.5. The minimum absolute atomic E-state index is 0.0363. The van der Waals surface area contributed by atoms with E-state index >= 15 is 0 Å². The van der Waals surface area contributed by atoms with Crippen molar-refractivity contribution in [3.8, 4) is 0 Å². The lowest BCUT2D eigenvalue weighted by molar-refractivity contribution is -0.152. The molecule has 2 aliphatic heterocycles. The number of amides is 1. The second-order valence-electron chi connectivity index (χ2n) is 14.4. The summed E-state index contributed by atoms with van der Waals surface area (Å²) in [6.45, 7) is 11.0. The summed E-state index contributed by atoms with van der Waals surface area (Å²) in [7, 11) is 0. The molecule has 49 heavy (non-hydrogen) atoms. The van der Waals surface area contributed by atoms with Gasteiger partial charge in [0.1, 0.15) is 5.82 Å². The smallest absolute Gasteiger partial charge is 0.307 e. The number of halogens is 1. The largest absolute Gasteiger partial charge is 0.441 e. The second-order valence-corrected chi connectivity index (χ2v) is 15.6.